The van der Waals surface area contributed by atoms with Crippen LogP contribution in [0.4, 0.5) is 18.9 Å². The minimum atomic E-state index is -4.72. The molecule has 2 N–H and O–H groups in total. The second kappa shape index (κ2) is 8.00. The van der Waals surface area contributed by atoms with Crippen LogP contribution in [0.3, 0.4) is 0 Å². The SMILES string of the molecule is CCC(C)N(CC(=O)O)C(=O)c1cc(NC(C)=O)cc(C(F)(F)F)c1. The van der Waals surface area contributed by atoms with E-state index in [1.165, 1.54) is 0 Å². The monoisotopic (exact) mass is 360 g/mol. The summed E-state index contributed by atoms with van der Waals surface area (Å²) in [6.07, 6.45) is -4.30. The Kier molecular flexibility index (Phi) is 6.55. The normalized spacial score (nSPS) is 12.4. The second-order valence-electron chi connectivity index (χ2n) is 5.56. The van der Waals surface area contributed by atoms with Crippen molar-refractivity contribution < 1.29 is 32.7 Å². The standard InChI is InChI=1S/C16H19F3N2O4/c1-4-9(2)21(8-14(23)24)15(25)11-5-12(16(17,18)19)7-13(6-11)20-10(3)22/h5-7,9H,4,8H2,1-3H3,(H,20,22)(H,23,24). The van der Waals surface area contributed by atoms with Gasteiger partial charge in [0.25, 0.3) is 5.91 Å². The van der Waals surface area contributed by atoms with Crippen LogP contribution in [-0.2, 0) is 15.8 Å². The van der Waals surface area contributed by atoms with Crippen LogP contribution in [-0.4, -0.2) is 40.4 Å². The van der Waals surface area contributed by atoms with Gasteiger partial charge >= 0.3 is 12.1 Å². The number of hydrogen-bond acceptors (Lipinski definition) is 3. The van der Waals surface area contributed by atoms with Gasteiger partial charge in [0, 0.05) is 24.2 Å². The van der Waals surface area contributed by atoms with E-state index in [0.29, 0.717) is 18.6 Å². The van der Waals surface area contributed by atoms with Crippen LogP contribution in [0.1, 0.15) is 43.1 Å². The first-order chi connectivity index (χ1) is 11.5. The Bertz CT molecular complexity index is 674. The summed E-state index contributed by atoms with van der Waals surface area (Å²) in [6.45, 7) is 3.81. The molecule has 0 saturated carbocycles. The fraction of sp³-hybridized carbons (Fsp3) is 0.438. The van der Waals surface area contributed by atoms with Crippen LogP contribution in [0.15, 0.2) is 18.2 Å². The van der Waals surface area contributed by atoms with Gasteiger partial charge in [0.05, 0.1) is 5.56 Å². The topological polar surface area (TPSA) is 86.7 Å². The van der Waals surface area contributed by atoms with Crippen molar-refractivity contribution in [3.8, 4) is 0 Å². The number of rotatable bonds is 6. The molecule has 0 bridgehead atoms. The molecule has 0 aliphatic carbocycles. The number of halogens is 3. The van der Waals surface area contributed by atoms with Crippen LogP contribution >= 0.6 is 0 Å². The Hall–Kier alpha value is -2.58. The van der Waals surface area contributed by atoms with Crippen LogP contribution in [0.25, 0.3) is 0 Å². The number of nitrogens with one attached hydrogen (secondary N) is 1. The summed E-state index contributed by atoms with van der Waals surface area (Å²) >= 11 is 0. The summed E-state index contributed by atoms with van der Waals surface area (Å²) in [4.78, 5) is 35.7. The molecule has 0 aliphatic rings. The highest BCUT2D eigenvalue weighted by atomic mass is 19.4. The molecule has 0 aliphatic heterocycles. The van der Waals surface area contributed by atoms with Gasteiger partial charge in [0.1, 0.15) is 6.54 Å². The first-order valence-corrected chi connectivity index (χ1v) is 7.48. The molecule has 0 aromatic heterocycles. The van der Waals surface area contributed by atoms with Crippen molar-refractivity contribution in [3.63, 3.8) is 0 Å². The van der Waals surface area contributed by atoms with E-state index in [0.717, 1.165) is 17.9 Å². The molecule has 0 fully saturated rings. The van der Waals surface area contributed by atoms with Crippen molar-refractivity contribution in [2.24, 2.45) is 0 Å². The van der Waals surface area contributed by atoms with Gasteiger partial charge in [-0.1, -0.05) is 6.92 Å². The first kappa shape index (κ1) is 20.5. The number of hydrogen-bond donors (Lipinski definition) is 2. The molecule has 0 saturated heterocycles. The molecule has 0 spiro atoms. The highest BCUT2D eigenvalue weighted by molar-refractivity contribution is 5.98. The van der Waals surface area contributed by atoms with Gasteiger partial charge in [-0.15, -0.1) is 0 Å². The molecule has 0 radical (unpaired) electrons. The lowest BCUT2D eigenvalue weighted by Crippen LogP contribution is -2.42. The van der Waals surface area contributed by atoms with Gasteiger partial charge in [-0.3, -0.25) is 14.4 Å². The average molecular weight is 360 g/mol. The van der Waals surface area contributed by atoms with Crippen molar-refractivity contribution >= 4 is 23.5 Å². The van der Waals surface area contributed by atoms with Crippen LogP contribution < -0.4 is 5.32 Å². The van der Waals surface area contributed by atoms with E-state index in [1.54, 1.807) is 13.8 Å². The van der Waals surface area contributed by atoms with E-state index >= 15 is 0 Å². The average Bonchev–Trinajstić information content (AvgIpc) is 2.49. The predicted octanol–water partition coefficient (Wildman–Crippen LogP) is 2.99. The molecule has 9 heteroatoms. The fourth-order valence-corrected chi connectivity index (χ4v) is 2.15. The van der Waals surface area contributed by atoms with Gasteiger partial charge in [-0.05, 0) is 31.5 Å². The number of carboxylic acids is 1. The molecule has 2 amide bonds. The first-order valence-electron chi connectivity index (χ1n) is 7.48. The molecule has 25 heavy (non-hydrogen) atoms. The number of benzene rings is 1. The summed E-state index contributed by atoms with van der Waals surface area (Å²) in [5.41, 5.74) is -1.65. The highest BCUT2D eigenvalue weighted by Crippen LogP contribution is 2.32. The number of carboxylic acid groups (broad SMARTS) is 1. The zero-order chi connectivity index (χ0) is 19.4. The van der Waals surface area contributed by atoms with Gasteiger partial charge in [0.2, 0.25) is 5.91 Å². The molecular weight excluding hydrogens is 341 g/mol. The lowest BCUT2D eigenvalue weighted by Gasteiger charge is -2.27. The van der Waals surface area contributed by atoms with Crippen LogP contribution in [0.5, 0.6) is 0 Å². The summed E-state index contributed by atoms with van der Waals surface area (Å²) in [7, 11) is 0. The lowest BCUT2D eigenvalue weighted by atomic mass is 10.1. The van der Waals surface area contributed by atoms with Gasteiger partial charge in [-0.2, -0.15) is 13.2 Å². The van der Waals surface area contributed by atoms with Gasteiger partial charge in [0.15, 0.2) is 0 Å². The second-order valence-corrected chi connectivity index (χ2v) is 5.56. The molecule has 0 heterocycles. The van der Waals surface area contributed by atoms with E-state index in [-0.39, 0.29) is 11.3 Å². The number of aliphatic carboxylic acids is 1. The summed E-state index contributed by atoms with van der Waals surface area (Å²) in [5, 5.41) is 11.2. The molecule has 1 rings (SSSR count). The highest BCUT2D eigenvalue weighted by Gasteiger charge is 2.33. The summed E-state index contributed by atoms with van der Waals surface area (Å²) in [5.74, 6) is -2.72. The van der Waals surface area contributed by atoms with Crippen molar-refractivity contribution in [2.45, 2.75) is 39.4 Å². The maximum atomic E-state index is 13.1. The van der Waals surface area contributed by atoms with E-state index in [2.05, 4.69) is 5.32 Å². The Morgan fingerprint density at radius 3 is 2.28 bits per heavy atom. The number of carbonyl (C=O) groups is 3. The molecule has 6 nitrogen and oxygen atoms in total. The van der Waals surface area contributed by atoms with E-state index in [4.69, 9.17) is 5.11 Å². The molecule has 1 aromatic carbocycles. The predicted molar refractivity (Wildman–Crippen MR) is 84.2 cm³/mol. The Balaban J connectivity index is 3.38. The lowest BCUT2D eigenvalue weighted by molar-refractivity contribution is -0.139. The van der Waals surface area contributed by atoms with Crippen molar-refractivity contribution in [1.82, 2.24) is 4.90 Å². The van der Waals surface area contributed by atoms with E-state index in [1.807, 2.05) is 0 Å². The molecule has 1 aromatic rings. The third kappa shape index (κ3) is 5.77. The molecule has 138 valence electrons. The van der Waals surface area contributed by atoms with Gasteiger partial charge in [-0.25, -0.2) is 0 Å². The number of amides is 2. The number of anilines is 1. The third-order valence-corrected chi connectivity index (χ3v) is 3.52. The summed E-state index contributed by atoms with van der Waals surface area (Å²) in [6, 6.07) is 1.96. The Morgan fingerprint density at radius 2 is 1.84 bits per heavy atom. The maximum Gasteiger partial charge on any atom is 0.416 e. The Morgan fingerprint density at radius 1 is 1.24 bits per heavy atom. The molecular formula is C16H19F3N2O4. The molecule has 1 atom stereocenters. The van der Waals surface area contributed by atoms with E-state index in [9.17, 15) is 27.6 Å². The molecule has 1 unspecified atom stereocenters. The van der Waals surface area contributed by atoms with Crippen molar-refractivity contribution in [1.29, 1.82) is 0 Å². The number of nitrogens with zero attached hydrogens (tertiary/aromatic N) is 1. The fourth-order valence-electron chi connectivity index (χ4n) is 2.15. The zero-order valence-corrected chi connectivity index (χ0v) is 14.0. The quantitative estimate of drug-likeness (QED) is 0.817. The van der Waals surface area contributed by atoms with Crippen molar-refractivity contribution in [3.05, 3.63) is 29.3 Å². The smallest absolute Gasteiger partial charge is 0.416 e. The minimum Gasteiger partial charge on any atom is -0.480 e. The zero-order valence-electron chi connectivity index (χ0n) is 14.0. The van der Waals surface area contributed by atoms with Crippen LogP contribution in [0.2, 0.25) is 0 Å². The maximum absolute atomic E-state index is 13.1. The Labute approximate surface area is 142 Å². The number of carbonyl (C=O) groups excluding carboxylic acids is 2. The number of alkyl halides is 3. The largest absolute Gasteiger partial charge is 0.480 e. The van der Waals surface area contributed by atoms with Crippen LogP contribution in [0, 0.1) is 0 Å². The summed E-state index contributed by atoms with van der Waals surface area (Å²) < 4.78 is 39.2. The third-order valence-electron chi connectivity index (χ3n) is 3.52. The van der Waals surface area contributed by atoms with E-state index < -0.39 is 42.1 Å². The minimum absolute atomic E-state index is 0.190. The van der Waals surface area contributed by atoms with Crippen molar-refractivity contribution in [2.75, 3.05) is 11.9 Å². The van der Waals surface area contributed by atoms with Gasteiger partial charge < -0.3 is 15.3 Å².